The van der Waals surface area contributed by atoms with Gasteiger partial charge in [-0.15, -0.1) is 0 Å². The lowest BCUT2D eigenvalue weighted by Crippen LogP contribution is -2.32. The van der Waals surface area contributed by atoms with Crippen molar-refractivity contribution in [1.29, 1.82) is 0 Å². The molecule has 0 aromatic carbocycles. The van der Waals surface area contributed by atoms with Crippen LogP contribution in [0.1, 0.15) is 27.2 Å². The summed E-state index contributed by atoms with van der Waals surface area (Å²) in [5.74, 6) is 1.32. The van der Waals surface area contributed by atoms with Crippen LogP contribution in [0.4, 0.5) is 0 Å². The predicted octanol–water partition coefficient (Wildman–Crippen LogP) is 2.22. The molecule has 0 saturated carbocycles. The van der Waals surface area contributed by atoms with E-state index in [-0.39, 0.29) is 0 Å². The van der Waals surface area contributed by atoms with Gasteiger partial charge in [-0.05, 0) is 26.8 Å². The first-order valence-corrected chi connectivity index (χ1v) is 5.60. The van der Waals surface area contributed by atoms with Gasteiger partial charge in [0.2, 0.25) is 0 Å². The quantitative estimate of drug-likeness (QED) is 0.598. The van der Waals surface area contributed by atoms with Gasteiger partial charge in [0.1, 0.15) is 0 Å². The fourth-order valence-electron chi connectivity index (χ4n) is 1.43. The number of nitrogens with zero attached hydrogens (tertiary/aromatic N) is 1. The zero-order chi connectivity index (χ0) is 8.27. The molecular weight excluding hydrogens is 154 g/mol. The van der Waals surface area contributed by atoms with Crippen LogP contribution in [0.5, 0.6) is 0 Å². The molecule has 1 heterocycles. The Balaban J connectivity index is 2.34. The van der Waals surface area contributed by atoms with E-state index in [1.165, 1.54) is 25.3 Å². The third-order valence-corrected chi connectivity index (χ3v) is 3.56. The molecule has 1 aliphatic rings. The Morgan fingerprint density at radius 1 is 1.36 bits per heavy atom. The molecule has 2 heteroatoms. The molecule has 0 aromatic heterocycles. The summed E-state index contributed by atoms with van der Waals surface area (Å²) in [6, 6.07) is 0.737. The van der Waals surface area contributed by atoms with E-state index >= 15 is 0 Å². The van der Waals surface area contributed by atoms with Gasteiger partial charge in [-0.1, -0.05) is 6.92 Å². The van der Waals surface area contributed by atoms with E-state index in [9.17, 15) is 0 Å². The smallest absolute Gasteiger partial charge is 0.00752 e. The van der Waals surface area contributed by atoms with E-state index in [4.69, 9.17) is 0 Å². The van der Waals surface area contributed by atoms with Crippen molar-refractivity contribution in [3.05, 3.63) is 0 Å². The minimum Gasteiger partial charge on any atom is -0.300 e. The van der Waals surface area contributed by atoms with Crippen LogP contribution in [0.2, 0.25) is 0 Å². The van der Waals surface area contributed by atoms with Crippen molar-refractivity contribution in [2.45, 2.75) is 38.5 Å². The zero-order valence-corrected chi connectivity index (χ0v) is 8.66. The highest BCUT2D eigenvalue weighted by atomic mass is 32.2. The van der Waals surface area contributed by atoms with Crippen molar-refractivity contribution in [3.63, 3.8) is 0 Å². The normalized spacial score (nSPS) is 28.9. The molecule has 0 aliphatic carbocycles. The average Bonchev–Trinajstić information content (AvgIpc) is 2.13. The molecule has 11 heavy (non-hydrogen) atoms. The van der Waals surface area contributed by atoms with Crippen molar-refractivity contribution in [1.82, 2.24) is 4.90 Å². The van der Waals surface area contributed by atoms with E-state index in [0.29, 0.717) is 0 Å². The van der Waals surface area contributed by atoms with Crippen molar-refractivity contribution < 1.29 is 0 Å². The molecule has 1 fully saturated rings. The Morgan fingerprint density at radius 3 is 2.73 bits per heavy atom. The molecule has 1 unspecified atom stereocenters. The Morgan fingerprint density at radius 2 is 2.09 bits per heavy atom. The van der Waals surface area contributed by atoms with Crippen LogP contribution < -0.4 is 0 Å². The standard InChI is InChI=1S/C9H19NS/c1-8(2)10-5-4-9(3)11-7-6-10/h8-9H,4-7H2,1-3H3. The SMILES string of the molecule is CC1CCN(C(C)C)CCS1. The lowest BCUT2D eigenvalue weighted by molar-refractivity contribution is 0.237. The molecular formula is C9H19NS. The number of thioether (sulfide) groups is 1. The first-order valence-electron chi connectivity index (χ1n) is 4.56. The van der Waals surface area contributed by atoms with Gasteiger partial charge in [0.25, 0.3) is 0 Å². The third-order valence-electron chi connectivity index (χ3n) is 2.33. The lowest BCUT2D eigenvalue weighted by Gasteiger charge is -2.23. The molecule has 0 bridgehead atoms. The van der Waals surface area contributed by atoms with Gasteiger partial charge < -0.3 is 4.90 Å². The monoisotopic (exact) mass is 173 g/mol. The summed E-state index contributed by atoms with van der Waals surface area (Å²) in [6.07, 6.45) is 1.36. The number of rotatable bonds is 1. The second kappa shape index (κ2) is 4.36. The Hall–Kier alpha value is 0.310. The summed E-state index contributed by atoms with van der Waals surface area (Å²) < 4.78 is 0. The highest BCUT2D eigenvalue weighted by Gasteiger charge is 2.15. The van der Waals surface area contributed by atoms with Crippen molar-refractivity contribution >= 4 is 11.8 Å². The van der Waals surface area contributed by atoms with Crippen LogP contribution >= 0.6 is 11.8 Å². The zero-order valence-electron chi connectivity index (χ0n) is 7.84. The molecule has 66 valence electrons. The molecule has 1 nitrogen and oxygen atoms in total. The molecule has 0 aromatic rings. The summed E-state index contributed by atoms with van der Waals surface area (Å²) >= 11 is 2.12. The van der Waals surface area contributed by atoms with Crippen LogP contribution in [0, 0.1) is 0 Å². The predicted molar refractivity (Wildman–Crippen MR) is 53.2 cm³/mol. The lowest BCUT2D eigenvalue weighted by atomic mass is 10.2. The van der Waals surface area contributed by atoms with Gasteiger partial charge in [0.15, 0.2) is 0 Å². The van der Waals surface area contributed by atoms with Crippen molar-refractivity contribution in [2.75, 3.05) is 18.8 Å². The van der Waals surface area contributed by atoms with E-state index in [1.54, 1.807) is 0 Å². The Kier molecular flexibility index (Phi) is 3.73. The minimum atomic E-state index is 0.737. The summed E-state index contributed by atoms with van der Waals surface area (Å²) in [5, 5.41) is 0.874. The number of hydrogen-bond acceptors (Lipinski definition) is 2. The molecule has 0 N–H and O–H groups in total. The van der Waals surface area contributed by atoms with E-state index < -0.39 is 0 Å². The first kappa shape index (κ1) is 9.40. The average molecular weight is 173 g/mol. The van der Waals surface area contributed by atoms with E-state index in [2.05, 4.69) is 37.4 Å². The van der Waals surface area contributed by atoms with Crippen LogP contribution in [0.15, 0.2) is 0 Å². The van der Waals surface area contributed by atoms with Crippen LogP contribution in [0.3, 0.4) is 0 Å². The van der Waals surface area contributed by atoms with Gasteiger partial charge in [-0.2, -0.15) is 11.8 Å². The van der Waals surface area contributed by atoms with Gasteiger partial charge in [-0.25, -0.2) is 0 Å². The fraction of sp³-hybridized carbons (Fsp3) is 1.00. The maximum Gasteiger partial charge on any atom is 0.00752 e. The molecule has 1 atom stereocenters. The van der Waals surface area contributed by atoms with Gasteiger partial charge in [0.05, 0.1) is 0 Å². The molecule has 0 amide bonds. The molecule has 0 spiro atoms. The van der Waals surface area contributed by atoms with Gasteiger partial charge in [0, 0.05) is 23.6 Å². The highest BCUT2D eigenvalue weighted by Crippen LogP contribution is 2.19. The first-order chi connectivity index (χ1) is 5.20. The third kappa shape index (κ3) is 3.04. The topological polar surface area (TPSA) is 3.24 Å². The summed E-state index contributed by atoms with van der Waals surface area (Å²) in [7, 11) is 0. The maximum absolute atomic E-state index is 2.58. The molecule has 1 aliphatic heterocycles. The minimum absolute atomic E-state index is 0.737. The summed E-state index contributed by atoms with van der Waals surface area (Å²) in [6.45, 7) is 9.51. The Bertz CT molecular complexity index is 114. The van der Waals surface area contributed by atoms with Crippen LogP contribution in [0.25, 0.3) is 0 Å². The Labute approximate surface area is 74.5 Å². The largest absolute Gasteiger partial charge is 0.300 e. The second-order valence-electron chi connectivity index (χ2n) is 3.60. The summed E-state index contributed by atoms with van der Waals surface area (Å²) in [5.41, 5.74) is 0. The second-order valence-corrected chi connectivity index (χ2v) is 5.15. The highest BCUT2D eigenvalue weighted by molar-refractivity contribution is 7.99. The molecule has 1 saturated heterocycles. The molecule has 0 radical (unpaired) electrons. The van der Waals surface area contributed by atoms with Crippen molar-refractivity contribution in [2.24, 2.45) is 0 Å². The van der Waals surface area contributed by atoms with Gasteiger partial charge in [-0.3, -0.25) is 0 Å². The van der Waals surface area contributed by atoms with E-state index in [1.807, 2.05) is 0 Å². The maximum atomic E-state index is 2.58. The van der Waals surface area contributed by atoms with Crippen LogP contribution in [-0.4, -0.2) is 35.0 Å². The van der Waals surface area contributed by atoms with Crippen LogP contribution in [-0.2, 0) is 0 Å². The van der Waals surface area contributed by atoms with Gasteiger partial charge >= 0.3 is 0 Å². The fourth-order valence-corrected chi connectivity index (χ4v) is 2.44. The summed E-state index contributed by atoms with van der Waals surface area (Å²) in [4.78, 5) is 2.58. The molecule has 1 rings (SSSR count). The van der Waals surface area contributed by atoms with E-state index in [0.717, 1.165) is 11.3 Å². The number of hydrogen-bond donors (Lipinski definition) is 0. The van der Waals surface area contributed by atoms with Crippen molar-refractivity contribution in [3.8, 4) is 0 Å².